The number of carbonyl (C=O) groups excluding carboxylic acids is 2. The third-order valence-corrected chi connectivity index (χ3v) is 4.31. The average Bonchev–Trinajstić information content (AvgIpc) is 3.03. The van der Waals surface area contributed by atoms with Gasteiger partial charge in [-0.3, -0.25) is 9.59 Å². The molecule has 0 aromatic heterocycles. The zero-order chi connectivity index (χ0) is 13.5. The molecule has 1 aliphatic carbocycles. The second kappa shape index (κ2) is 4.53. The third kappa shape index (κ3) is 2.82. The Hall–Kier alpha value is -1.11. The van der Waals surface area contributed by atoms with Gasteiger partial charge in [0.25, 0.3) is 0 Å². The Bertz CT molecular complexity index is 469. The first kappa shape index (κ1) is 13.3. The number of nitrogens with zero attached hydrogens (tertiary/aromatic N) is 1. The van der Waals surface area contributed by atoms with Crippen LogP contribution in [0.25, 0.3) is 0 Å². The fraction of sp³-hybridized carbons (Fsp3) is 0.818. The molecule has 1 aliphatic heterocycles. The lowest BCUT2D eigenvalue weighted by molar-refractivity contribution is -0.149. The standard InChI is InChI=1S/C11H18N2O4S/c1-7-11(15)13(5-6-18(2,16)17)9(8-3-4-8)10(14)12-7/h7-9H,3-6H2,1-2H3,(H,12,14). The number of piperazine rings is 1. The Morgan fingerprint density at radius 3 is 2.44 bits per heavy atom. The highest BCUT2D eigenvalue weighted by atomic mass is 32.2. The summed E-state index contributed by atoms with van der Waals surface area (Å²) in [6.45, 7) is 1.73. The molecule has 2 fully saturated rings. The van der Waals surface area contributed by atoms with Crippen molar-refractivity contribution in [2.24, 2.45) is 5.92 Å². The quantitative estimate of drug-likeness (QED) is 0.724. The van der Waals surface area contributed by atoms with Crippen LogP contribution in [0.15, 0.2) is 0 Å². The molecule has 1 saturated carbocycles. The molecule has 0 bridgehead atoms. The summed E-state index contributed by atoms with van der Waals surface area (Å²) in [5.74, 6) is -0.239. The van der Waals surface area contributed by atoms with Gasteiger partial charge in [0.05, 0.1) is 5.75 Å². The van der Waals surface area contributed by atoms with Crippen LogP contribution in [0.1, 0.15) is 19.8 Å². The van der Waals surface area contributed by atoms with Gasteiger partial charge in [-0.15, -0.1) is 0 Å². The van der Waals surface area contributed by atoms with Crippen molar-refractivity contribution in [3.8, 4) is 0 Å². The van der Waals surface area contributed by atoms with Crippen molar-refractivity contribution in [1.29, 1.82) is 0 Å². The molecule has 2 rings (SSSR count). The first-order chi connectivity index (χ1) is 8.29. The van der Waals surface area contributed by atoms with Crippen LogP contribution in [0.3, 0.4) is 0 Å². The largest absolute Gasteiger partial charge is 0.343 e. The molecular formula is C11H18N2O4S. The van der Waals surface area contributed by atoms with Crippen LogP contribution in [0, 0.1) is 5.92 Å². The van der Waals surface area contributed by atoms with Crippen molar-refractivity contribution in [3.63, 3.8) is 0 Å². The lowest BCUT2D eigenvalue weighted by atomic mass is 10.0. The smallest absolute Gasteiger partial charge is 0.245 e. The van der Waals surface area contributed by atoms with Gasteiger partial charge in [-0.1, -0.05) is 0 Å². The highest BCUT2D eigenvalue weighted by Crippen LogP contribution is 2.36. The van der Waals surface area contributed by atoms with Gasteiger partial charge in [-0.2, -0.15) is 0 Å². The zero-order valence-electron chi connectivity index (χ0n) is 10.5. The predicted molar refractivity (Wildman–Crippen MR) is 65.5 cm³/mol. The van der Waals surface area contributed by atoms with E-state index in [9.17, 15) is 18.0 Å². The molecular weight excluding hydrogens is 256 g/mol. The van der Waals surface area contributed by atoms with Crippen LogP contribution >= 0.6 is 0 Å². The lowest BCUT2D eigenvalue weighted by Crippen LogP contribution is -2.63. The van der Waals surface area contributed by atoms with Crippen molar-refractivity contribution in [1.82, 2.24) is 10.2 Å². The van der Waals surface area contributed by atoms with Gasteiger partial charge < -0.3 is 10.2 Å². The van der Waals surface area contributed by atoms with E-state index in [1.807, 2.05) is 0 Å². The number of hydrogen-bond donors (Lipinski definition) is 1. The summed E-state index contributed by atoms with van der Waals surface area (Å²) < 4.78 is 22.4. The van der Waals surface area contributed by atoms with E-state index < -0.39 is 21.9 Å². The Balaban J connectivity index is 2.14. The normalized spacial score (nSPS) is 29.3. The van der Waals surface area contributed by atoms with Crippen LogP contribution < -0.4 is 5.32 Å². The van der Waals surface area contributed by atoms with E-state index in [1.54, 1.807) is 6.92 Å². The third-order valence-electron chi connectivity index (χ3n) is 3.39. The Labute approximate surface area is 107 Å². The first-order valence-electron chi connectivity index (χ1n) is 6.08. The molecule has 1 N–H and O–H groups in total. The molecule has 0 aromatic carbocycles. The molecule has 102 valence electrons. The van der Waals surface area contributed by atoms with Crippen molar-refractivity contribution in [2.75, 3.05) is 18.6 Å². The maximum atomic E-state index is 12.0. The topological polar surface area (TPSA) is 83.6 Å². The molecule has 0 radical (unpaired) electrons. The predicted octanol–water partition coefficient (Wildman–Crippen LogP) is -0.843. The number of carbonyl (C=O) groups is 2. The van der Waals surface area contributed by atoms with Gasteiger partial charge in [0.2, 0.25) is 11.8 Å². The van der Waals surface area contributed by atoms with Gasteiger partial charge in [-0.25, -0.2) is 8.42 Å². The number of amides is 2. The van der Waals surface area contributed by atoms with E-state index in [1.165, 1.54) is 4.90 Å². The Kier molecular flexibility index (Phi) is 3.35. The van der Waals surface area contributed by atoms with Crippen LogP contribution in [0.2, 0.25) is 0 Å². The molecule has 0 aromatic rings. The molecule has 2 amide bonds. The first-order valence-corrected chi connectivity index (χ1v) is 8.14. The van der Waals surface area contributed by atoms with Gasteiger partial charge in [0.1, 0.15) is 21.9 Å². The molecule has 7 heteroatoms. The minimum Gasteiger partial charge on any atom is -0.343 e. The number of hydrogen-bond acceptors (Lipinski definition) is 4. The molecule has 2 aliphatic rings. The van der Waals surface area contributed by atoms with Gasteiger partial charge >= 0.3 is 0 Å². The highest BCUT2D eigenvalue weighted by molar-refractivity contribution is 7.90. The zero-order valence-corrected chi connectivity index (χ0v) is 11.4. The molecule has 1 saturated heterocycles. The minimum atomic E-state index is -3.14. The fourth-order valence-corrected chi connectivity index (χ4v) is 2.81. The minimum absolute atomic E-state index is 0.0953. The summed E-state index contributed by atoms with van der Waals surface area (Å²) in [7, 11) is -3.14. The molecule has 6 nitrogen and oxygen atoms in total. The number of sulfone groups is 1. The second-order valence-corrected chi connectivity index (χ2v) is 7.43. The summed E-state index contributed by atoms with van der Waals surface area (Å²) in [5, 5.41) is 2.65. The molecule has 18 heavy (non-hydrogen) atoms. The van der Waals surface area contributed by atoms with Gasteiger partial charge in [0, 0.05) is 12.8 Å². The summed E-state index contributed by atoms with van der Waals surface area (Å²) >= 11 is 0. The van der Waals surface area contributed by atoms with E-state index in [0.717, 1.165) is 19.1 Å². The van der Waals surface area contributed by atoms with Crippen molar-refractivity contribution in [3.05, 3.63) is 0 Å². The van der Waals surface area contributed by atoms with E-state index in [4.69, 9.17) is 0 Å². The van der Waals surface area contributed by atoms with Crippen molar-refractivity contribution >= 4 is 21.7 Å². The van der Waals surface area contributed by atoms with Crippen molar-refractivity contribution < 1.29 is 18.0 Å². The van der Waals surface area contributed by atoms with E-state index in [-0.39, 0.29) is 30.0 Å². The fourth-order valence-electron chi connectivity index (χ4n) is 2.28. The monoisotopic (exact) mass is 274 g/mol. The molecule has 0 spiro atoms. The molecule has 1 heterocycles. The second-order valence-electron chi connectivity index (χ2n) is 5.17. The lowest BCUT2D eigenvalue weighted by Gasteiger charge is -2.38. The number of rotatable bonds is 4. The van der Waals surface area contributed by atoms with Crippen LogP contribution in [-0.2, 0) is 19.4 Å². The van der Waals surface area contributed by atoms with E-state index in [0.29, 0.717) is 0 Å². The Morgan fingerprint density at radius 2 is 1.94 bits per heavy atom. The van der Waals surface area contributed by atoms with Crippen molar-refractivity contribution in [2.45, 2.75) is 31.8 Å². The number of nitrogens with one attached hydrogen (secondary N) is 1. The summed E-state index contributed by atoms with van der Waals surface area (Å²) in [6.07, 6.45) is 2.99. The van der Waals surface area contributed by atoms with Gasteiger partial charge in [-0.05, 0) is 25.7 Å². The Morgan fingerprint density at radius 1 is 1.33 bits per heavy atom. The SMILES string of the molecule is CC1NC(=O)C(C2CC2)N(CCS(C)(=O)=O)C1=O. The van der Waals surface area contributed by atoms with Gasteiger partial charge in [0.15, 0.2) is 0 Å². The average molecular weight is 274 g/mol. The highest BCUT2D eigenvalue weighted by Gasteiger charge is 2.46. The van der Waals surface area contributed by atoms with Crippen LogP contribution in [0.5, 0.6) is 0 Å². The maximum Gasteiger partial charge on any atom is 0.245 e. The molecule has 2 atom stereocenters. The summed E-state index contributed by atoms with van der Waals surface area (Å²) in [4.78, 5) is 25.4. The molecule has 2 unspecified atom stereocenters. The van der Waals surface area contributed by atoms with E-state index in [2.05, 4.69) is 5.32 Å². The van der Waals surface area contributed by atoms with E-state index >= 15 is 0 Å². The van der Waals surface area contributed by atoms with Crippen LogP contribution in [-0.4, -0.2) is 55.8 Å². The maximum absolute atomic E-state index is 12.0. The van der Waals surface area contributed by atoms with Crippen LogP contribution in [0.4, 0.5) is 0 Å². The summed E-state index contributed by atoms with van der Waals surface area (Å²) in [6, 6.07) is -1.04. The summed E-state index contributed by atoms with van der Waals surface area (Å²) in [5.41, 5.74) is 0.